The number of fused-ring (bicyclic) bond motifs is 1. The molecular formula is C19H24N2O5S. The second kappa shape index (κ2) is 8.96. The largest absolute Gasteiger partial charge is 0.467 e. The third kappa shape index (κ3) is 5.51. The van der Waals surface area contributed by atoms with Crippen molar-refractivity contribution >= 4 is 32.7 Å². The van der Waals surface area contributed by atoms with E-state index in [1.54, 1.807) is 18.2 Å². The van der Waals surface area contributed by atoms with Crippen LogP contribution in [0, 0.1) is 5.92 Å². The summed E-state index contributed by atoms with van der Waals surface area (Å²) in [5, 5.41) is 3.87. The minimum atomic E-state index is -3.89. The van der Waals surface area contributed by atoms with E-state index in [0.717, 1.165) is 5.39 Å². The third-order valence-corrected chi connectivity index (χ3v) is 5.45. The van der Waals surface area contributed by atoms with Gasteiger partial charge in [0.2, 0.25) is 15.9 Å². The van der Waals surface area contributed by atoms with Crippen LogP contribution >= 0.6 is 0 Å². The minimum absolute atomic E-state index is 0.0973. The lowest BCUT2D eigenvalue weighted by atomic mass is 10.0. The normalized spacial score (nSPS) is 12.7. The number of sulfonamides is 1. The van der Waals surface area contributed by atoms with Gasteiger partial charge in [-0.25, -0.2) is 17.9 Å². The van der Waals surface area contributed by atoms with E-state index in [2.05, 4.69) is 14.8 Å². The van der Waals surface area contributed by atoms with E-state index < -0.39 is 34.5 Å². The van der Waals surface area contributed by atoms with E-state index in [0.29, 0.717) is 11.8 Å². The van der Waals surface area contributed by atoms with Gasteiger partial charge in [0.15, 0.2) is 0 Å². The van der Waals surface area contributed by atoms with Gasteiger partial charge in [0.25, 0.3) is 0 Å². The number of amides is 1. The summed E-state index contributed by atoms with van der Waals surface area (Å²) in [7, 11) is -2.65. The van der Waals surface area contributed by atoms with Crippen LogP contribution in [0.3, 0.4) is 0 Å². The van der Waals surface area contributed by atoms with Crippen molar-refractivity contribution in [1.29, 1.82) is 0 Å². The topological polar surface area (TPSA) is 102 Å². The molecule has 146 valence electrons. The third-order valence-electron chi connectivity index (χ3n) is 3.99. The highest BCUT2D eigenvalue weighted by atomic mass is 32.2. The summed E-state index contributed by atoms with van der Waals surface area (Å²) in [4.78, 5) is 24.0. The van der Waals surface area contributed by atoms with E-state index in [1.807, 2.05) is 32.0 Å². The van der Waals surface area contributed by atoms with Crippen molar-refractivity contribution in [3.63, 3.8) is 0 Å². The van der Waals surface area contributed by atoms with E-state index in [-0.39, 0.29) is 10.8 Å². The van der Waals surface area contributed by atoms with Crippen LogP contribution in [0.4, 0.5) is 0 Å². The molecule has 0 fully saturated rings. The Hall–Kier alpha value is -2.45. The SMILES string of the molecule is COC(=O)[C@H](CC(C)C)NC(=O)CNS(=O)(=O)c1cccc2ccccc12. The smallest absolute Gasteiger partial charge is 0.328 e. The number of ether oxygens (including phenoxy) is 1. The molecule has 1 atom stereocenters. The summed E-state index contributed by atoms with van der Waals surface area (Å²) in [6.45, 7) is 3.34. The minimum Gasteiger partial charge on any atom is -0.467 e. The highest BCUT2D eigenvalue weighted by Crippen LogP contribution is 2.22. The Labute approximate surface area is 159 Å². The molecule has 2 rings (SSSR count). The molecule has 7 nitrogen and oxygen atoms in total. The first kappa shape index (κ1) is 20.9. The second-order valence-electron chi connectivity index (χ2n) is 6.57. The van der Waals surface area contributed by atoms with Crippen LogP contribution in [-0.4, -0.2) is 40.0 Å². The van der Waals surface area contributed by atoms with E-state index in [1.165, 1.54) is 13.2 Å². The standard InChI is InChI=1S/C19H24N2O5S/c1-13(2)11-16(19(23)26-3)21-18(22)12-20-27(24,25)17-10-6-8-14-7-4-5-9-15(14)17/h4-10,13,16,20H,11-12H2,1-3H3,(H,21,22)/t16-/m0/s1. The zero-order valence-corrected chi connectivity index (χ0v) is 16.4. The molecule has 0 saturated carbocycles. The van der Waals surface area contributed by atoms with Gasteiger partial charge in [-0.1, -0.05) is 50.2 Å². The number of hydrogen-bond donors (Lipinski definition) is 2. The molecule has 1 amide bonds. The fraction of sp³-hybridized carbons (Fsp3) is 0.368. The number of rotatable bonds is 8. The molecule has 0 spiro atoms. The first-order valence-electron chi connectivity index (χ1n) is 8.59. The predicted octanol–water partition coefficient (Wildman–Crippen LogP) is 1.82. The van der Waals surface area contributed by atoms with Gasteiger partial charge in [0, 0.05) is 5.39 Å². The Morgan fingerprint density at radius 1 is 1.07 bits per heavy atom. The summed E-state index contributed by atoms with van der Waals surface area (Å²) < 4.78 is 32.2. The van der Waals surface area contributed by atoms with Gasteiger partial charge in [-0.2, -0.15) is 0 Å². The van der Waals surface area contributed by atoms with Crippen molar-refractivity contribution in [3.8, 4) is 0 Å². The number of benzene rings is 2. The summed E-state index contributed by atoms with van der Waals surface area (Å²) >= 11 is 0. The molecule has 2 aromatic carbocycles. The fourth-order valence-electron chi connectivity index (χ4n) is 2.74. The highest BCUT2D eigenvalue weighted by molar-refractivity contribution is 7.89. The van der Waals surface area contributed by atoms with Crippen LogP contribution in [0.15, 0.2) is 47.4 Å². The molecule has 0 heterocycles. The quantitative estimate of drug-likeness (QED) is 0.668. The summed E-state index contributed by atoms with van der Waals surface area (Å²) in [5.41, 5.74) is 0. The van der Waals surface area contributed by atoms with Crippen molar-refractivity contribution in [3.05, 3.63) is 42.5 Å². The Kier molecular flexibility index (Phi) is 6.92. The van der Waals surface area contributed by atoms with Crippen LogP contribution in [-0.2, 0) is 24.3 Å². The average molecular weight is 392 g/mol. The maximum absolute atomic E-state index is 12.6. The van der Waals surface area contributed by atoms with E-state index in [9.17, 15) is 18.0 Å². The number of methoxy groups -OCH3 is 1. The van der Waals surface area contributed by atoms with Gasteiger partial charge in [0.05, 0.1) is 18.6 Å². The monoisotopic (exact) mass is 392 g/mol. The molecule has 2 N–H and O–H groups in total. The Balaban J connectivity index is 2.09. The summed E-state index contributed by atoms with van der Waals surface area (Å²) in [5.74, 6) is -1.01. The highest BCUT2D eigenvalue weighted by Gasteiger charge is 2.24. The number of nitrogens with one attached hydrogen (secondary N) is 2. The molecule has 0 radical (unpaired) electrons. The number of hydrogen-bond acceptors (Lipinski definition) is 5. The van der Waals surface area contributed by atoms with Gasteiger partial charge in [-0.3, -0.25) is 4.79 Å². The first-order valence-corrected chi connectivity index (χ1v) is 10.1. The number of esters is 1. The van der Waals surface area contributed by atoms with Crippen LogP contribution in [0.5, 0.6) is 0 Å². The number of carbonyl (C=O) groups is 2. The van der Waals surface area contributed by atoms with Crippen LogP contribution < -0.4 is 10.0 Å². The molecule has 0 aliphatic rings. The average Bonchev–Trinajstić information content (AvgIpc) is 2.64. The molecule has 0 bridgehead atoms. The van der Waals surface area contributed by atoms with E-state index in [4.69, 9.17) is 0 Å². The molecule has 8 heteroatoms. The maximum atomic E-state index is 12.6. The van der Waals surface area contributed by atoms with Crippen molar-refractivity contribution in [2.75, 3.05) is 13.7 Å². The molecule has 0 aromatic heterocycles. The van der Waals surface area contributed by atoms with Crippen LogP contribution in [0.25, 0.3) is 10.8 Å². The lowest BCUT2D eigenvalue weighted by molar-refractivity contribution is -0.145. The molecule has 0 aliphatic heterocycles. The van der Waals surface area contributed by atoms with Crippen molar-refractivity contribution in [2.24, 2.45) is 5.92 Å². The molecule has 2 aromatic rings. The predicted molar refractivity (Wildman–Crippen MR) is 103 cm³/mol. The maximum Gasteiger partial charge on any atom is 0.328 e. The van der Waals surface area contributed by atoms with Crippen molar-refractivity contribution in [2.45, 2.75) is 31.2 Å². The molecule has 0 aliphatic carbocycles. The van der Waals surface area contributed by atoms with Crippen LogP contribution in [0.2, 0.25) is 0 Å². The van der Waals surface area contributed by atoms with Crippen molar-refractivity contribution in [1.82, 2.24) is 10.0 Å². The second-order valence-corrected chi connectivity index (χ2v) is 8.31. The zero-order valence-electron chi connectivity index (χ0n) is 15.6. The van der Waals surface area contributed by atoms with Crippen LogP contribution in [0.1, 0.15) is 20.3 Å². The Morgan fingerprint density at radius 3 is 2.41 bits per heavy atom. The van der Waals surface area contributed by atoms with Gasteiger partial charge in [-0.15, -0.1) is 0 Å². The molecule has 27 heavy (non-hydrogen) atoms. The Morgan fingerprint density at radius 2 is 1.74 bits per heavy atom. The Bertz CT molecular complexity index is 919. The molecular weight excluding hydrogens is 368 g/mol. The van der Waals surface area contributed by atoms with Gasteiger partial charge < -0.3 is 10.1 Å². The molecule has 0 unspecified atom stereocenters. The lowest BCUT2D eigenvalue weighted by Gasteiger charge is -2.18. The summed E-state index contributed by atoms with van der Waals surface area (Å²) in [6.07, 6.45) is 0.397. The van der Waals surface area contributed by atoms with E-state index >= 15 is 0 Å². The zero-order chi connectivity index (χ0) is 20.0. The van der Waals surface area contributed by atoms with Gasteiger partial charge >= 0.3 is 5.97 Å². The lowest BCUT2D eigenvalue weighted by Crippen LogP contribution is -2.46. The fourth-order valence-corrected chi connectivity index (χ4v) is 3.95. The van der Waals surface area contributed by atoms with Crippen molar-refractivity contribution < 1.29 is 22.7 Å². The number of carbonyl (C=O) groups excluding carboxylic acids is 2. The van der Waals surface area contributed by atoms with Gasteiger partial charge in [-0.05, 0) is 23.8 Å². The van der Waals surface area contributed by atoms with Gasteiger partial charge in [0.1, 0.15) is 6.04 Å². The first-order chi connectivity index (χ1) is 12.7. The molecule has 0 saturated heterocycles. The summed E-state index contributed by atoms with van der Waals surface area (Å²) in [6, 6.07) is 11.2.